The lowest BCUT2D eigenvalue weighted by molar-refractivity contribution is -0.143. The van der Waals surface area contributed by atoms with Crippen molar-refractivity contribution in [2.24, 2.45) is 5.92 Å². The Balaban J connectivity index is 1.34. The van der Waals surface area contributed by atoms with Crippen molar-refractivity contribution in [2.75, 3.05) is 19.7 Å². The van der Waals surface area contributed by atoms with Crippen LogP contribution in [0, 0.1) is 33.6 Å². The first kappa shape index (κ1) is 19.9. The highest BCUT2D eigenvalue weighted by Gasteiger charge is 2.44. The third-order valence-electron chi connectivity index (χ3n) is 6.47. The Bertz CT molecular complexity index is 1110. The molecule has 1 aromatic carbocycles. The van der Waals surface area contributed by atoms with E-state index < -0.39 is 0 Å². The van der Waals surface area contributed by atoms with E-state index in [1.807, 2.05) is 65.4 Å². The molecule has 0 spiro atoms. The van der Waals surface area contributed by atoms with Crippen molar-refractivity contribution in [1.29, 1.82) is 0 Å². The number of hydrogen-bond acceptors (Lipinski definition) is 5. The molecule has 2 aromatic heterocycles. The molecule has 0 radical (unpaired) electrons. The summed E-state index contributed by atoms with van der Waals surface area (Å²) in [5.74, 6) is 1.66. The van der Waals surface area contributed by atoms with Gasteiger partial charge >= 0.3 is 0 Å². The normalized spacial score (nSPS) is 21.5. The molecule has 3 aromatic rings. The molecule has 2 saturated heterocycles. The molecule has 2 aliphatic heterocycles. The Hall–Kier alpha value is -3.00. The Morgan fingerprint density at radius 2 is 1.81 bits per heavy atom. The molecule has 0 saturated carbocycles. The van der Waals surface area contributed by atoms with E-state index in [-0.39, 0.29) is 24.0 Å². The zero-order valence-corrected chi connectivity index (χ0v) is 18.4. The van der Waals surface area contributed by atoms with Gasteiger partial charge in [-0.05, 0) is 46.2 Å². The molecule has 0 aliphatic carbocycles. The van der Waals surface area contributed by atoms with Gasteiger partial charge in [-0.2, -0.15) is 10.2 Å². The van der Waals surface area contributed by atoms with Crippen LogP contribution in [0.3, 0.4) is 0 Å². The van der Waals surface area contributed by atoms with Crippen LogP contribution in [0.25, 0.3) is 5.69 Å². The number of carbonyl (C=O) groups is 1. The second-order valence-corrected chi connectivity index (χ2v) is 8.57. The quantitative estimate of drug-likeness (QED) is 0.649. The highest BCUT2D eigenvalue weighted by atomic mass is 16.5. The zero-order valence-electron chi connectivity index (χ0n) is 18.4. The first-order valence-corrected chi connectivity index (χ1v) is 10.9. The van der Waals surface area contributed by atoms with Crippen molar-refractivity contribution in [2.45, 2.75) is 46.3 Å². The van der Waals surface area contributed by atoms with Gasteiger partial charge in [0.1, 0.15) is 11.6 Å². The van der Waals surface area contributed by atoms with Gasteiger partial charge in [-0.25, -0.2) is 14.3 Å². The monoisotopic (exact) mass is 420 g/mol. The van der Waals surface area contributed by atoms with Crippen molar-refractivity contribution >= 4 is 5.91 Å². The van der Waals surface area contributed by atoms with Crippen LogP contribution < -0.4 is 0 Å². The smallest absolute Gasteiger partial charge is 0.228 e. The van der Waals surface area contributed by atoms with Gasteiger partial charge in [-0.3, -0.25) is 4.79 Å². The van der Waals surface area contributed by atoms with Gasteiger partial charge in [-0.15, -0.1) is 0 Å². The molecular formula is C23H28N6O2. The van der Waals surface area contributed by atoms with Crippen LogP contribution in [0.2, 0.25) is 0 Å². The molecule has 0 bridgehead atoms. The van der Waals surface area contributed by atoms with Crippen molar-refractivity contribution in [3.63, 3.8) is 0 Å². The Morgan fingerprint density at radius 1 is 1.06 bits per heavy atom. The molecule has 2 atom stereocenters. The minimum absolute atomic E-state index is 0.166. The van der Waals surface area contributed by atoms with E-state index in [0.717, 1.165) is 40.7 Å². The number of likely N-dealkylation sites (tertiary alicyclic amines) is 1. The summed E-state index contributed by atoms with van der Waals surface area (Å²) in [6, 6.07) is 10.3. The lowest BCUT2D eigenvalue weighted by atomic mass is 9.91. The van der Waals surface area contributed by atoms with Crippen molar-refractivity contribution in [3.8, 4) is 5.69 Å². The zero-order chi connectivity index (χ0) is 21.7. The molecule has 5 rings (SSSR count). The number of aryl methyl sites for hydroxylation is 3. The van der Waals surface area contributed by atoms with Gasteiger partial charge in [-0.1, -0.05) is 18.2 Å². The van der Waals surface area contributed by atoms with E-state index in [4.69, 9.17) is 9.84 Å². The fourth-order valence-electron chi connectivity index (χ4n) is 4.92. The van der Waals surface area contributed by atoms with Gasteiger partial charge in [0, 0.05) is 31.0 Å². The average Bonchev–Trinajstić information content (AvgIpc) is 3.39. The molecule has 2 aliphatic rings. The summed E-state index contributed by atoms with van der Waals surface area (Å²) in [6.45, 7) is 9.85. The van der Waals surface area contributed by atoms with Gasteiger partial charge in [0.25, 0.3) is 0 Å². The lowest BCUT2D eigenvalue weighted by Gasteiger charge is -2.41. The first-order chi connectivity index (χ1) is 14.9. The highest BCUT2D eigenvalue weighted by Crippen LogP contribution is 2.40. The standard InChI is InChI=1S/C23H28N6O2/c1-14-21(15(2)28(25-14)18-8-6-5-7-9-18)22-20(10-11-31-22)23(30)27-12-19(13-27)29-17(4)24-16(3)26-29/h5-9,19-20,22H,10-13H2,1-4H3/t20-,22-/m0/s1. The SMILES string of the molecule is Cc1nc(C)n(C2CN(C(=O)[C@H]3CCO[C@@H]3c3c(C)nn(-c4ccccc4)c3C)C2)n1. The Labute approximate surface area is 181 Å². The van der Waals surface area contributed by atoms with E-state index >= 15 is 0 Å². The number of carbonyl (C=O) groups excluding carboxylic acids is 1. The fourth-order valence-corrected chi connectivity index (χ4v) is 4.92. The van der Waals surface area contributed by atoms with Gasteiger partial charge < -0.3 is 9.64 Å². The van der Waals surface area contributed by atoms with Gasteiger partial charge in [0.15, 0.2) is 0 Å². The maximum Gasteiger partial charge on any atom is 0.228 e. The van der Waals surface area contributed by atoms with Crippen molar-refractivity contribution in [1.82, 2.24) is 29.4 Å². The maximum atomic E-state index is 13.4. The molecule has 8 heteroatoms. The number of hydrogen-bond donors (Lipinski definition) is 0. The molecule has 2 fully saturated rings. The number of amides is 1. The van der Waals surface area contributed by atoms with E-state index in [0.29, 0.717) is 19.7 Å². The van der Waals surface area contributed by atoms with Crippen LogP contribution in [0.5, 0.6) is 0 Å². The summed E-state index contributed by atoms with van der Waals surface area (Å²) in [5, 5.41) is 9.23. The predicted octanol–water partition coefficient (Wildman–Crippen LogP) is 2.86. The third kappa shape index (κ3) is 3.35. The fraction of sp³-hybridized carbons (Fsp3) is 0.478. The summed E-state index contributed by atoms with van der Waals surface area (Å²) < 4.78 is 10.0. The molecule has 31 heavy (non-hydrogen) atoms. The molecule has 4 heterocycles. The summed E-state index contributed by atoms with van der Waals surface area (Å²) in [5.41, 5.74) is 4.00. The van der Waals surface area contributed by atoms with E-state index in [2.05, 4.69) is 17.0 Å². The van der Waals surface area contributed by atoms with Crippen LogP contribution in [0.15, 0.2) is 30.3 Å². The van der Waals surface area contributed by atoms with Crippen molar-refractivity contribution < 1.29 is 9.53 Å². The summed E-state index contributed by atoms with van der Waals surface area (Å²) in [4.78, 5) is 19.7. The summed E-state index contributed by atoms with van der Waals surface area (Å²) >= 11 is 0. The third-order valence-corrected chi connectivity index (χ3v) is 6.47. The number of ether oxygens (including phenoxy) is 1. The number of rotatable bonds is 4. The Morgan fingerprint density at radius 3 is 2.48 bits per heavy atom. The minimum atomic E-state index is -0.251. The van der Waals surface area contributed by atoms with E-state index in [9.17, 15) is 4.79 Å². The van der Waals surface area contributed by atoms with Crippen LogP contribution in [-0.2, 0) is 9.53 Å². The molecule has 162 valence electrons. The van der Waals surface area contributed by atoms with Gasteiger partial charge in [0.2, 0.25) is 5.91 Å². The van der Waals surface area contributed by atoms with Crippen LogP contribution in [0.4, 0.5) is 0 Å². The van der Waals surface area contributed by atoms with Gasteiger partial charge in [0.05, 0.1) is 29.4 Å². The molecule has 0 unspecified atom stereocenters. The average molecular weight is 421 g/mol. The topological polar surface area (TPSA) is 78.1 Å². The Kier molecular flexibility index (Phi) is 4.89. The van der Waals surface area contributed by atoms with E-state index in [1.165, 1.54) is 0 Å². The number of aromatic nitrogens is 5. The number of nitrogens with zero attached hydrogens (tertiary/aromatic N) is 6. The second-order valence-electron chi connectivity index (χ2n) is 8.57. The maximum absolute atomic E-state index is 13.4. The number of benzene rings is 1. The van der Waals surface area contributed by atoms with Crippen LogP contribution in [0.1, 0.15) is 47.2 Å². The molecular weight excluding hydrogens is 392 g/mol. The molecule has 8 nitrogen and oxygen atoms in total. The van der Waals surface area contributed by atoms with Crippen LogP contribution in [-0.4, -0.2) is 55.0 Å². The minimum Gasteiger partial charge on any atom is -0.373 e. The summed E-state index contributed by atoms with van der Waals surface area (Å²) in [6.07, 6.45) is 0.487. The lowest BCUT2D eigenvalue weighted by Crippen LogP contribution is -2.53. The molecule has 1 amide bonds. The van der Waals surface area contributed by atoms with Crippen molar-refractivity contribution in [3.05, 3.63) is 58.9 Å². The first-order valence-electron chi connectivity index (χ1n) is 10.9. The second kappa shape index (κ2) is 7.60. The predicted molar refractivity (Wildman–Crippen MR) is 115 cm³/mol. The highest BCUT2D eigenvalue weighted by molar-refractivity contribution is 5.81. The summed E-state index contributed by atoms with van der Waals surface area (Å²) in [7, 11) is 0. The van der Waals surface area contributed by atoms with E-state index in [1.54, 1.807) is 0 Å². The molecule has 0 N–H and O–H groups in total. The number of para-hydroxylation sites is 1. The largest absolute Gasteiger partial charge is 0.373 e. The van der Waals surface area contributed by atoms with Crippen LogP contribution >= 0.6 is 0 Å².